The first-order chi connectivity index (χ1) is 11.6. The molecule has 0 bridgehead atoms. The van der Waals surface area contributed by atoms with Gasteiger partial charge < -0.3 is 10.0 Å². The summed E-state index contributed by atoms with van der Waals surface area (Å²) < 4.78 is 1.71. The average Bonchev–Trinajstić information content (AvgIpc) is 3.20. The molecule has 0 saturated carbocycles. The van der Waals surface area contributed by atoms with E-state index in [4.69, 9.17) is 5.11 Å². The number of likely N-dealkylation sites (tertiary alicyclic amines) is 1. The van der Waals surface area contributed by atoms with Gasteiger partial charge in [0.05, 0.1) is 11.4 Å². The van der Waals surface area contributed by atoms with Crippen LogP contribution in [0.5, 0.6) is 0 Å². The molecule has 0 aliphatic carbocycles. The Kier molecular flexibility index (Phi) is 4.94. The van der Waals surface area contributed by atoms with Gasteiger partial charge in [0.15, 0.2) is 5.69 Å². The van der Waals surface area contributed by atoms with E-state index in [1.54, 1.807) is 4.68 Å². The number of carbonyl (C=O) groups is 1. The Balaban J connectivity index is 1.82. The molecule has 1 fully saturated rings. The fourth-order valence-electron chi connectivity index (χ4n) is 3.32. The van der Waals surface area contributed by atoms with Crippen molar-refractivity contribution in [3.63, 3.8) is 0 Å². The number of amides is 1. The summed E-state index contributed by atoms with van der Waals surface area (Å²) in [5, 5.41) is 17.4. The Bertz CT molecular complexity index is 708. The molecule has 1 aliphatic rings. The maximum atomic E-state index is 12.9. The van der Waals surface area contributed by atoms with Crippen LogP contribution < -0.4 is 0 Å². The fraction of sp³-hybridized carbons (Fsp3) is 0.500. The number of aliphatic hydroxyl groups is 1. The van der Waals surface area contributed by atoms with Crippen LogP contribution in [0.25, 0.3) is 5.69 Å². The number of rotatable bonds is 5. The molecule has 128 valence electrons. The van der Waals surface area contributed by atoms with Crippen molar-refractivity contribution in [2.75, 3.05) is 13.2 Å². The molecule has 3 rings (SSSR count). The van der Waals surface area contributed by atoms with Crippen LogP contribution in [0.3, 0.4) is 0 Å². The second-order valence-corrected chi connectivity index (χ2v) is 6.43. The molecule has 24 heavy (non-hydrogen) atoms. The lowest BCUT2D eigenvalue weighted by molar-refractivity contribution is 0.0717. The monoisotopic (exact) mass is 328 g/mol. The lowest BCUT2D eigenvalue weighted by Crippen LogP contribution is -2.36. The maximum absolute atomic E-state index is 12.9. The average molecular weight is 328 g/mol. The molecule has 1 amide bonds. The van der Waals surface area contributed by atoms with Crippen molar-refractivity contribution in [2.24, 2.45) is 0 Å². The molecule has 1 aromatic heterocycles. The van der Waals surface area contributed by atoms with Crippen LogP contribution in [-0.2, 0) is 0 Å². The van der Waals surface area contributed by atoms with E-state index in [2.05, 4.69) is 10.3 Å². The van der Waals surface area contributed by atoms with Crippen LogP contribution in [0, 0.1) is 13.8 Å². The van der Waals surface area contributed by atoms with Gasteiger partial charge in [-0.3, -0.25) is 4.79 Å². The second kappa shape index (κ2) is 7.13. The van der Waals surface area contributed by atoms with Crippen LogP contribution in [0.15, 0.2) is 24.3 Å². The standard InChI is InChI=1S/C18H24N4O2/c1-13-7-9-16(10-8-13)22-14(2)17(19-20-22)18(24)21-11-3-5-15(21)6-4-12-23/h7-10,15,23H,3-6,11-12H2,1-2H3. The highest BCUT2D eigenvalue weighted by Gasteiger charge is 2.31. The lowest BCUT2D eigenvalue weighted by Gasteiger charge is -2.23. The van der Waals surface area contributed by atoms with Gasteiger partial charge in [0, 0.05) is 19.2 Å². The van der Waals surface area contributed by atoms with E-state index in [9.17, 15) is 4.79 Å². The number of benzene rings is 1. The number of hydrogen-bond donors (Lipinski definition) is 1. The number of carbonyl (C=O) groups excluding carboxylic acids is 1. The second-order valence-electron chi connectivity index (χ2n) is 6.43. The van der Waals surface area contributed by atoms with E-state index >= 15 is 0 Å². The Morgan fingerprint density at radius 3 is 2.75 bits per heavy atom. The quantitative estimate of drug-likeness (QED) is 0.914. The zero-order chi connectivity index (χ0) is 17.1. The number of aryl methyl sites for hydroxylation is 1. The third-order valence-corrected chi connectivity index (χ3v) is 4.71. The Labute approximate surface area is 142 Å². The summed E-state index contributed by atoms with van der Waals surface area (Å²) in [7, 11) is 0. The third-order valence-electron chi connectivity index (χ3n) is 4.71. The first-order valence-corrected chi connectivity index (χ1v) is 8.53. The summed E-state index contributed by atoms with van der Waals surface area (Å²) in [5.74, 6) is -0.0497. The van der Waals surface area contributed by atoms with Gasteiger partial charge in [-0.25, -0.2) is 4.68 Å². The Morgan fingerprint density at radius 2 is 2.04 bits per heavy atom. The smallest absolute Gasteiger partial charge is 0.276 e. The molecule has 1 unspecified atom stereocenters. The van der Waals surface area contributed by atoms with E-state index in [1.165, 1.54) is 5.56 Å². The minimum atomic E-state index is -0.0497. The van der Waals surface area contributed by atoms with E-state index in [0.717, 1.165) is 43.6 Å². The van der Waals surface area contributed by atoms with E-state index in [-0.39, 0.29) is 18.6 Å². The number of hydrogen-bond acceptors (Lipinski definition) is 4. The molecule has 0 radical (unpaired) electrons. The lowest BCUT2D eigenvalue weighted by atomic mass is 10.1. The molecule has 1 aliphatic heterocycles. The summed E-state index contributed by atoms with van der Waals surface area (Å²) in [6, 6.07) is 8.19. The molecule has 1 N–H and O–H groups in total. The molecule has 2 aromatic rings. The van der Waals surface area contributed by atoms with Crippen LogP contribution in [0.4, 0.5) is 0 Å². The first-order valence-electron chi connectivity index (χ1n) is 8.53. The minimum Gasteiger partial charge on any atom is -0.396 e. The predicted molar refractivity (Wildman–Crippen MR) is 91.2 cm³/mol. The van der Waals surface area contributed by atoms with Crippen molar-refractivity contribution in [2.45, 2.75) is 45.6 Å². The molecule has 6 heteroatoms. The Hall–Kier alpha value is -2.21. The molecular formula is C18H24N4O2. The van der Waals surface area contributed by atoms with Crippen molar-refractivity contribution in [3.05, 3.63) is 41.2 Å². The van der Waals surface area contributed by atoms with Crippen LogP contribution in [-0.4, -0.2) is 50.1 Å². The van der Waals surface area contributed by atoms with Crippen LogP contribution >= 0.6 is 0 Å². The van der Waals surface area contributed by atoms with Crippen molar-refractivity contribution in [1.82, 2.24) is 19.9 Å². The van der Waals surface area contributed by atoms with Crippen molar-refractivity contribution in [1.29, 1.82) is 0 Å². The van der Waals surface area contributed by atoms with E-state index in [1.807, 2.05) is 43.0 Å². The van der Waals surface area contributed by atoms with Crippen LogP contribution in [0.2, 0.25) is 0 Å². The van der Waals surface area contributed by atoms with Gasteiger partial charge >= 0.3 is 0 Å². The zero-order valence-electron chi connectivity index (χ0n) is 14.3. The van der Waals surface area contributed by atoms with Gasteiger partial charge in [-0.15, -0.1) is 5.10 Å². The SMILES string of the molecule is Cc1ccc(-n2nnc(C(=O)N3CCCC3CCCO)c2C)cc1. The van der Waals surface area contributed by atoms with Crippen molar-refractivity contribution in [3.8, 4) is 5.69 Å². The highest BCUT2D eigenvalue weighted by atomic mass is 16.3. The summed E-state index contributed by atoms with van der Waals surface area (Å²) in [6.45, 7) is 4.84. The van der Waals surface area contributed by atoms with E-state index in [0.29, 0.717) is 5.69 Å². The van der Waals surface area contributed by atoms with Crippen molar-refractivity contribution < 1.29 is 9.90 Å². The van der Waals surface area contributed by atoms with Gasteiger partial charge in [0.1, 0.15) is 0 Å². The largest absolute Gasteiger partial charge is 0.396 e. The molecule has 2 heterocycles. The summed E-state index contributed by atoms with van der Waals surface area (Å²) >= 11 is 0. The number of nitrogens with zero attached hydrogens (tertiary/aromatic N) is 4. The summed E-state index contributed by atoms with van der Waals surface area (Å²) in [4.78, 5) is 14.8. The molecule has 6 nitrogen and oxygen atoms in total. The number of aliphatic hydroxyl groups excluding tert-OH is 1. The molecule has 1 saturated heterocycles. The predicted octanol–water partition coefficient (Wildman–Crippen LogP) is 2.26. The van der Waals surface area contributed by atoms with Gasteiger partial charge in [0.2, 0.25) is 0 Å². The highest BCUT2D eigenvalue weighted by molar-refractivity contribution is 5.93. The van der Waals surface area contributed by atoms with Gasteiger partial charge in [-0.05, 0) is 51.7 Å². The van der Waals surface area contributed by atoms with E-state index < -0.39 is 0 Å². The fourth-order valence-corrected chi connectivity index (χ4v) is 3.32. The maximum Gasteiger partial charge on any atom is 0.276 e. The van der Waals surface area contributed by atoms with Gasteiger partial charge in [0.25, 0.3) is 5.91 Å². The topological polar surface area (TPSA) is 71.2 Å². The number of aromatic nitrogens is 3. The van der Waals surface area contributed by atoms with Crippen LogP contribution in [0.1, 0.15) is 47.4 Å². The minimum absolute atomic E-state index is 0.0497. The first kappa shape index (κ1) is 16.6. The highest BCUT2D eigenvalue weighted by Crippen LogP contribution is 2.24. The summed E-state index contributed by atoms with van der Waals surface area (Å²) in [5.41, 5.74) is 3.27. The zero-order valence-corrected chi connectivity index (χ0v) is 14.3. The van der Waals surface area contributed by atoms with Gasteiger partial charge in [-0.2, -0.15) is 0 Å². The normalized spacial score (nSPS) is 17.5. The molecular weight excluding hydrogens is 304 g/mol. The molecule has 1 atom stereocenters. The third kappa shape index (κ3) is 3.19. The van der Waals surface area contributed by atoms with Crippen molar-refractivity contribution >= 4 is 5.91 Å². The van der Waals surface area contributed by atoms with Gasteiger partial charge in [-0.1, -0.05) is 22.9 Å². The molecule has 1 aromatic carbocycles. The summed E-state index contributed by atoms with van der Waals surface area (Å²) in [6.07, 6.45) is 3.57. The molecule has 0 spiro atoms. The Morgan fingerprint density at radius 1 is 1.29 bits per heavy atom.